The van der Waals surface area contributed by atoms with Crippen LogP contribution < -0.4 is 20.5 Å². The SMILES string of the molecule is CCOc1nc(Nc2ccc(C(=O)OC)c(OC)c2)cc(N)c1C#N. The molecular formula is C17H18N4O4. The van der Waals surface area contributed by atoms with Crippen LogP contribution in [0.1, 0.15) is 22.8 Å². The molecule has 1 aromatic heterocycles. The van der Waals surface area contributed by atoms with Crippen molar-refractivity contribution >= 4 is 23.2 Å². The van der Waals surface area contributed by atoms with Gasteiger partial charge in [-0.25, -0.2) is 4.79 Å². The van der Waals surface area contributed by atoms with Gasteiger partial charge in [-0.1, -0.05) is 0 Å². The van der Waals surface area contributed by atoms with Gasteiger partial charge in [0.2, 0.25) is 5.88 Å². The fourth-order valence-electron chi connectivity index (χ4n) is 2.15. The summed E-state index contributed by atoms with van der Waals surface area (Å²) in [4.78, 5) is 15.9. The molecule has 1 heterocycles. The van der Waals surface area contributed by atoms with Gasteiger partial charge in [0.25, 0.3) is 0 Å². The van der Waals surface area contributed by atoms with E-state index in [0.29, 0.717) is 29.4 Å². The number of rotatable bonds is 6. The van der Waals surface area contributed by atoms with Crippen LogP contribution in [0.5, 0.6) is 11.6 Å². The maximum Gasteiger partial charge on any atom is 0.341 e. The van der Waals surface area contributed by atoms with E-state index in [2.05, 4.69) is 10.3 Å². The molecule has 2 aromatic rings. The number of pyridine rings is 1. The highest BCUT2D eigenvalue weighted by atomic mass is 16.5. The monoisotopic (exact) mass is 342 g/mol. The van der Waals surface area contributed by atoms with Crippen LogP contribution in [0.2, 0.25) is 0 Å². The van der Waals surface area contributed by atoms with Gasteiger partial charge in [-0.3, -0.25) is 0 Å². The Morgan fingerprint density at radius 3 is 2.72 bits per heavy atom. The van der Waals surface area contributed by atoms with Crippen molar-refractivity contribution in [1.82, 2.24) is 4.98 Å². The lowest BCUT2D eigenvalue weighted by Crippen LogP contribution is -2.06. The van der Waals surface area contributed by atoms with E-state index in [1.165, 1.54) is 20.3 Å². The molecule has 8 nitrogen and oxygen atoms in total. The van der Waals surface area contributed by atoms with E-state index in [1.54, 1.807) is 25.1 Å². The number of nitrogens with one attached hydrogen (secondary N) is 1. The van der Waals surface area contributed by atoms with Gasteiger partial charge in [0.1, 0.15) is 28.8 Å². The minimum Gasteiger partial charge on any atom is -0.496 e. The maximum atomic E-state index is 11.7. The van der Waals surface area contributed by atoms with Gasteiger partial charge in [0.05, 0.1) is 26.5 Å². The predicted molar refractivity (Wildman–Crippen MR) is 92.1 cm³/mol. The van der Waals surface area contributed by atoms with Gasteiger partial charge in [-0.05, 0) is 19.1 Å². The van der Waals surface area contributed by atoms with Gasteiger partial charge in [-0.2, -0.15) is 10.2 Å². The molecule has 0 amide bonds. The highest BCUT2D eigenvalue weighted by Crippen LogP contribution is 2.29. The van der Waals surface area contributed by atoms with Crippen LogP contribution in [0.25, 0.3) is 0 Å². The van der Waals surface area contributed by atoms with Crippen LogP contribution in [-0.2, 0) is 4.74 Å². The second kappa shape index (κ2) is 7.88. The Morgan fingerprint density at radius 1 is 1.36 bits per heavy atom. The Bertz CT molecular complexity index is 830. The summed E-state index contributed by atoms with van der Waals surface area (Å²) in [5.41, 5.74) is 7.24. The first-order valence-electron chi connectivity index (χ1n) is 7.40. The van der Waals surface area contributed by atoms with E-state index in [-0.39, 0.29) is 17.1 Å². The lowest BCUT2D eigenvalue weighted by atomic mass is 10.1. The van der Waals surface area contributed by atoms with Crippen molar-refractivity contribution in [3.05, 3.63) is 35.4 Å². The molecule has 0 atom stereocenters. The molecule has 0 saturated heterocycles. The molecule has 25 heavy (non-hydrogen) atoms. The molecule has 0 aliphatic heterocycles. The van der Waals surface area contributed by atoms with Gasteiger partial charge < -0.3 is 25.3 Å². The summed E-state index contributed by atoms with van der Waals surface area (Å²) in [6, 6.07) is 8.37. The highest BCUT2D eigenvalue weighted by Gasteiger charge is 2.15. The molecule has 0 spiro atoms. The number of carbonyl (C=O) groups excluding carboxylic acids is 1. The molecule has 0 aliphatic rings. The number of carbonyl (C=O) groups is 1. The molecule has 0 radical (unpaired) electrons. The number of nitrogens with two attached hydrogens (primary N) is 1. The van der Waals surface area contributed by atoms with E-state index in [4.69, 9.17) is 25.2 Å². The molecule has 0 bridgehead atoms. The first-order valence-corrected chi connectivity index (χ1v) is 7.40. The normalized spacial score (nSPS) is 9.84. The summed E-state index contributed by atoms with van der Waals surface area (Å²) < 4.78 is 15.3. The Kier molecular flexibility index (Phi) is 5.63. The average molecular weight is 342 g/mol. The third kappa shape index (κ3) is 3.90. The second-order valence-electron chi connectivity index (χ2n) is 4.85. The molecule has 2 rings (SSSR count). The first-order chi connectivity index (χ1) is 12.0. The number of methoxy groups -OCH3 is 2. The number of ether oxygens (including phenoxy) is 3. The van der Waals surface area contributed by atoms with Gasteiger partial charge in [0.15, 0.2) is 0 Å². The van der Waals surface area contributed by atoms with E-state index < -0.39 is 5.97 Å². The Labute approximate surface area is 145 Å². The molecular weight excluding hydrogens is 324 g/mol. The number of nitriles is 1. The first kappa shape index (κ1) is 17.9. The highest BCUT2D eigenvalue weighted by molar-refractivity contribution is 5.93. The van der Waals surface area contributed by atoms with Crippen LogP contribution in [0.3, 0.4) is 0 Å². The second-order valence-corrected chi connectivity index (χ2v) is 4.85. The number of nitrogens with zero attached hydrogens (tertiary/aromatic N) is 2. The number of anilines is 3. The van der Waals surface area contributed by atoms with Crippen LogP contribution >= 0.6 is 0 Å². The topological polar surface area (TPSA) is 119 Å². The third-order valence-electron chi connectivity index (χ3n) is 3.29. The van der Waals surface area contributed by atoms with Crippen LogP contribution in [0, 0.1) is 11.3 Å². The van der Waals surface area contributed by atoms with Crippen LogP contribution in [0.15, 0.2) is 24.3 Å². The Hall–Kier alpha value is -3.47. The lowest BCUT2D eigenvalue weighted by molar-refractivity contribution is 0.0597. The molecule has 0 saturated carbocycles. The summed E-state index contributed by atoms with van der Waals surface area (Å²) in [7, 11) is 2.75. The summed E-state index contributed by atoms with van der Waals surface area (Å²) in [5, 5.41) is 12.2. The maximum absolute atomic E-state index is 11.7. The zero-order valence-electron chi connectivity index (χ0n) is 14.1. The molecule has 0 aliphatic carbocycles. The number of aromatic nitrogens is 1. The summed E-state index contributed by atoms with van der Waals surface area (Å²) in [6.45, 7) is 2.14. The Morgan fingerprint density at radius 2 is 2.12 bits per heavy atom. The van der Waals surface area contributed by atoms with Crippen LogP contribution in [-0.4, -0.2) is 31.8 Å². The fourth-order valence-corrected chi connectivity index (χ4v) is 2.15. The molecule has 130 valence electrons. The minimum absolute atomic E-state index is 0.158. The largest absolute Gasteiger partial charge is 0.496 e. The number of benzene rings is 1. The van der Waals surface area contributed by atoms with Crippen molar-refractivity contribution in [2.24, 2.45) is 0 Å². The van der Waals surface area contributed by atoms with Crippen molar-refractivity contribution in [2.45, 2.75) is 6.92 Å². The number of esters is 1. The van der Waals surface area contributed by atoms with Gasteiger partial charge in [0, 0.05) is 17.8 Å². The van der Waals surface area contributed by atoms with E-state index in [1.807, 2.05) is 6.07 Å². The zero-order chi connectivity index (χ0) is 18.4. The van der Waals surface area contributed by atoms with Crippen molar-refractivity contribution in [2.75, 3.05) is 31.9 Å². The molecule has 0 fully saturated rings. The third-order valence-corrected chi connectivity index (χ3v) is 3.29. The summed E-state index contributed by atoms with van der Waals surface area (Å²) in [5.74, 6) is 0.407. The summed E-state index contributed by atoms with van der Waals surface area (Å²) in [6.07, 6.45) is 0. The smallest absolute Gasteiger partial charge is 0.341 e. The van der Waals surface area contributed by atoms with Crippen molar-refractivity contribution in [3.63, 3.8) is 0 Å². The number of hydrogen-bond acceptors (Lipinski definition) is 8. The van der Waals surface area contributed by atoms with Gasteiger partial charge in [-0.15, -0.1) is 0 Å². The van der Waals surface area contributed by atoms with Crippen molar-refractivity contribution in [1.29, 1.82) is 5.26 Å². The Balaban J connectivity index is 2.37. The quantitative estimate of drug-likeness (QED) is 0.768. The van der Waals surface area contributed by atoms with Crippen molar-refractivity contribution in [3.8, 4) is 17.7 Å². The van der Waals surface area contributed by atoms with Crippen LogP contribution in [0.4, 0.5) is 17.2 Å². The fraction of sp³-hybridized carbons (Fsp3) is 0.235. The predicted octanol–water partition coefficient (Wildman–Crippen LogP) is 2.47. The number of hydrogen-bond donors (Lipinski definition) is 2. The molecule has 0 unspecified atom stereocenters. The zero-order valence-corrected chi connectivity index (χ0v) is 14.1. The molecule has 1 aromatic carbocycles. The summed E-state index contributed by atoms with van der Waals surface area (Å²) >= 11 is 0. The standard InChI is InChI=1S/C17H18N4O4/c1-4-25-16-12(9-18)13(19)8-15(21-16)20-10-5-6-11(17(22)24-3)14(7-10)23-2/h5-8H,4H2,1-3H3,(H3,19,20,21). The average Bonchev–Trinajstić information content (AvgIpc) is 2.61. The van der Waals surface area contributed by atoms with E-state index in [9.17, 15) is 4.79 Å². The van der Waals surface area contributed by atoms with E-state index >= 15 is 0 Å². The van der Waals surface area contributed by atoms with Crippen molar-refractivity contribution < 1.29 is 19.0 Å². The van der Waals surface area contributed by atoms with E-state index in [0.717, 1.165) is 0 Å². The number of nitrogen functional groups attached to an aromatic ring is 1. The molecule has 3 N–H and O–H groups in total. The lowest BCUT2D eigenvalue weighted by Gasteiger charge is -2.13. The molecule has 8 heteroatoms. The van der Waals surface area contributed by atoms with Gasteiger partial charge >= 0.3 is 5.97 Å². The minimum atomic E-state index is -0.497.